The van der Waals surface area contributed by atoms with E-state index < -0.39 is 0 Å². The van der Waals surface area contributed by atoms with Crippen molar-refractivity contribution in [2.75, 3.05) is 0 Å². The summed E-state index contributed by atoms with van der Waals surface area (Å²) in [5.74, 6) is 3.21. The summed E-state index contributed by atoms with van der Waals surface area (Å²) in [5, 5.41) is 13.5. The Bertz CT molecular complexity index is 232. The molecule has 66 valence electrons. The quantitative estimate of drug-likeness (QED) is 0.509. The van der Waals surface area contributed by atoms with Crippen LogP contribution < -0.4 is 5.32 Å². The van der Waals surface area contributed by atoms with Gasteiger partial charge < -0.3 is 10.4 Å². The monoisotopic (exact) mass is 165 g/mol. The molecule has 0 aromatic heterocycles. The van der Waals surface area contributed by atoms with E-state index in [4.69, 9.17) is 0 Å². The van der Waals surface area contributed by atoms with Crippen molar-refractivity contribution >= 4 is 0 Å². The van der Waals surface area contributed by atoms with Crippen molar-refractivity contribution < 1.29 is 5.11 Å². The molecule has 0 radical (unpaired) electrons. The molecule has 7 atom stereocenters. The molecule has 2 heteroatoms. The molecule has 4 rings (SSSR count). The number of aliphatic hydroxyl groups excluding tert-OH is 1. The average Bonchev–Trinajstić information content (AvgIpc) is 2.95. The van der Waals surface area contributed by atoms with Crippen LogP contribution in [0.5, 0.6) is 0 Å². The Balaban J connectivity index is 1.67. The highest BCUT2D eigenvalue weighted by Crippen LogP contribution is 2.63. The second kappa shape index (κ2) is 1.73. The van der Waals surface area contributed by atoms with Gasteiger partial charge in [-0.25, -0.2) is 0 Å². The van der Waals surface area contributed by atoms with Gasteiger partial charge in [0.15, 0.2) is 0 Å². The highest BCUT2D eigenvalue weighted by molar-refractivity contribution is 5.16. The van der Waals surface area contributed by atoms with Crippen LogP contribution in [0.2, 0.25) is 0 Å². The second-order valence-electron chi connectivity index (χ2n) is 5.23. The van der Waals surface area contributed by atoms with Gasteiger partial charge in [-0.2, -0.15) is 0 Å². The zero-order chi connectivity index (χ0) is 7.87. The van der Waals surface area contributed by atoms with Crippen molar-refractivity contribution in [2.45, 2.75) is 37.5 Å². The SMILES string of the molecule is OC1C2CC3NC3CC2C2CC12. The van der Waals surface area contributed by atoms with Gasteiger partial charge in [-0.15, -0.1) is 0 Å². The molecule has 3 aliphatic carbocycles. The number of aliphatic hydroxyl groups is 1. The number of hydrogen-bond donors (Lipinski definition) is 2. The molecule has 7 unspecified atom stereocenters. The molecular weight excluding hydrogens is 150 g/mol. The second-order valence-corrected chi connectivity index (χ2v) is 5.23. The van der Waals surface area contributed by atoms with Crippen molar-refractivity contribution in [3.63, 3.8) is 0 Å². The number of nitrogens with one attached hydrogen (secondary N) is 1. The third-order valence-corrected chi connectivity index (χ3v) is 4.73. The summed E-state index contributed by atoms with van der Waals surface area (Å²) in [5.41, 5.74) is 0. The van der Waals surface area contributed by atoms with Crippen LogP contribution in [-0.2, 0) is 0 Å². The van der Waals surface area contributed by atoms with E-state index in [9.17, 15) is 5.11 Å². The molecule has 4 aliphatic rings. The molecular formula is C10H15NO. The fourth-order valence-corrected chi connectivity index (χ4v) is 3.94. The first kappa shape index (κ1) is 6.39. The Hall–Kier alpha value is -0.0800. The maximum atomic E-state index is 9.94. The van der Waals surface area contributed by atoms with Gasteiger partial charge in [0.25, 0.3) is 0 Å². The third kappa shape index (κ3) is 0.612. The number of fused-ring (bicyclic) bond motifs is 4. The standard InChI is InChI=1S/C10H15NO/c12-10-6-1-4(6)5-2-8-9(11-8)3-7(5)10/h4-12H,1-3H2. The minimum atomic E-state index is 0.0725. The summed E-state index contributed by atoms with van der Waals surface area (Å²) in [7, 11) is 0. The molecule has 4 fully saturated rings. The van der Waals surface area contributed by atoms with Gasteiger partial charge in [-0.3, -0.25) is 0 Å². The molecule has 0 bridgehead atoms. The van der Waals surface area contributed by atoms with Crippen LogP contribution in [0.15, 0.2) is 0 Å². The fraction of sp³-hybridized carbons (Fsp3) is 1.00. The first-order valence-electron chi connectivity index (χ1n) is 5.29. The van der Waals surface area contributed by atoms with Crippen LogP contribution in [0.4, 0.5) is 0 Å². The summed E-state index contributed by atoms with van der Waals surface area (Å²) in [4.78, 5) is 0. The fourth-order valence-electron chi connectivity index (χ4n) is 3.94. The lowest BCUT2D eigenvalue weighted by Crippen LogP contribution is -2.30. The number of hydrogen-bond acceptors (Lipinski definition) is 2. The van der Waals surface area contributed by atoms with Crippen LogP contribution in [0.3, 0.4) is 0 Å². The predicted octanol–water partition coefficient (Wildman–Crippen LogP) is 0.364. The Morgan fingerprint density at radius 2 is 1.42 bits per heavy atom. The molecule has 1 heterocycles. The highest BCUT2D eigenvalue weighted by Gasteiger charge is 2.63. The normalized spacial score (nSPS) is 71.2. The van der Waals surface area contributed by atoms with Crippen LogP contribution in [0.25, 0.3) is 0 Å². The lowest BCUT2D eigenvalue weighted by atomic mass is 9.78. The summed E-state index contributed by atoms with van der Waals surface area (Å²) in [6, 6.07) is 1.64. The van der Waals surface area contributed by atoms with Gasteiger partial charge in [-0.05, 0) is 42.9 Å². The molecule has 1 aliphatic heterocycles. The van der Waals surface area contributed by atoms with E-state index in [-0.39, 0.29) is 6.10 Å². The zero-order valence-electron chi connectivity index (χ0n) is 7.11. The lowest BCUT2D eigenvalue weighted by Gasteiger charge is -2.28. The predicted molar refractivity (Wildman–Crippen MR) is 44.5 cm³/mol. The first-order chi connectivity index (χ1) is 5.84. The van der Waals surface area contributed by atoms with Crippen LogP contribution >= 0.6 is 0 Å². The zero-order valence-corrected chi connectivity index (χ0v) is 7.11. The molecule has 2 N–H and O–H groups in total. The van der Waals surface area contributed by atoms with E-state index in [1.807, 2.05) is 0 Å². The largest absolute Gasteiger partial charge is 0.393 e. The van der Waals surface area contributed by atoms with Crippen LogP contribution in [-0.4, -0.2) is 23.3 Å². The van der Waals surface area contributed by atoms with Crippen molar-refractivity contribution in [1.82, 2.24) is 5.32 Å². The summed E-state index contributed by atoms with van der Waals surface area (Å²) in [6.07, 6.45) is 4.04. The molecule has 12 heavy (non-hydrogen) atoms. The van der Waals surface area contributed by atoms with Crippen molar-refractivity contribution in [2.24, 2.45) is 23.7 Å². The molecule has 1 saturated heterocycles. The average molecular weight is 165 g/mol. The van der Waals surface area contributed by atoms with Gasteiger partial charge in [0.05, 0.1) is 6.10 Å². The first-order valence-corrected chi connectivity index (χ1v) is 5.29. The van der Waals surface area contributed by atoms with Gasteiger partial charge >= 0.3 is 0 Å². The maximum absolute atomic E-state index is 9.94. The molecule has 0 aromatic carbocycles. The van der Waals surface area contributed by atoms with Gasteiger partial charge in [0.2, 0.25) is 0 Å². The van der Waals surface area contributed by atoms with Crippen molar-refractivity contribution in [3.8, 4) is 0 Å². The minimum Gasteiger partial charge on any atom is -0.393 e. The highest BCUT2D eigenvalue weighted by atomic mass is 16.3. The summed E-state index contributed by atoms with van der Waals surface area (Å²) in [6.45, 7) is 0. The molecule has 0 aromatic rings. The smallest absolute Gasteiger partial charge is 0.0602 e. The van der Waals surface area contributed by atoms with Crippen LogP contribution in [0, 0.1) is 23.7 Å². The van der Waals surface area contributed by atoms with Gasteiger partial charge in [0, 0.05) is 12.1 Å². The summed E-state index contributed by atoms with van der Waals surface area (Å²) < 4.78 is 0. The maximum Gasteiger partial charge on any atom is 0.0602 e. The number of rotatable bonds is 0. The van der Waals surface area contributed by atoms with Gasteiger partial charge in [0.1, 0.15) is 0 Å². The Morgan fingerprint density at radius 3 is 2.25 bits per heavy atom. The van der Waals surface area contributed by atoms with Crippen molar-refractivity contribution in [3.05, 3.63) is 0 Å². The third-order valence-electron chi connectivity index (χ3n) is 4.73. The Morgan fingerprint density at radius 1 is 0.833 bits per heavy atom. The molecule has 0 amide bonds. The lowest BCUT2D eigenvalue weighted by molar-refractivity contribution is 0.0748. The van der Waals surface area contributed by atoms with Crippen LogP contribution in [0.1, 0.15) is 19.3 Å². The molecule has 3 saturated carbocycles. The van der Waals surface area contributed by atoms with E-state index in [0.717, 1.165) is 29.8 Å². The topological polar surface area (TPSA) is 42.2 Å². The minimum absolute atomic E-state index is 0.0725. The van der Waals surface area contributed by atoms with E-state index >= 15 is 0 Å². The van der Waals surface area contributed by atoms with E-state index in [1.54, 1.807) is 0 Å². The van der Waals surface area contributed by atoms with Gasteiger partial charge in [-0.1, -0.05) is 0 Å². The summed E-state index contributed by atoms with van der Waals surface area (Å²) >= 11 is 0. The molecule has 0 spiro atoms. The van der Waals surface area contributed by atoms with E-state index in [0.29, 0.717) is 5.92 Å². The van der Waals surface area contributed by atoms with Crippen molar-refractivity contribution in [1.29, 1.82) is 0 Å². The Labute approximate surface area is 72.3 Å². The Kier molecular flexibility index (Phi) is 0.921. The molecule has 2 nitrogen and oxygen atoms in total. The van der Waals surface area contributed by atoms with E-state index in [2.05, 4.69) is 5.32 Å². The van der Waals surface area contributed by atoms with E-state index in [1.165, 1.54) is 19.3 Å².